The van der Waals surface area contributed by atoms with Gasteiger partial charge in [0.15, 0.2) is 5.13 Å². The minimum absolute atomic E-state index is 0.0509. The lowest BCUT2D eigenvalue weighted by Gasteiger charge is -2.03. The van der Waals surface area contributed by atoms with Gasteiger partial charge >= 0.3 is 0 Å². The topological polar surface area (TPSA) is 59.8 Å². The van der Waals surface area contributed by atoms with Crippen LogP contribution >= 0.6 is 11.3 Å². The van der Waals surface area contributed by atoms with Crippen LogP contribution < -0.4 is 5.32 Å². The van der Waals surface area contributed by atoms with Gasteiger partial charge in [-0.15, -0.1) is 11.3 Å². The lowest BCUT2D eigenvalue weighted by molar-refractivity contribution is -0.120. The smallest absolute Gasteiger partial charge is 0.226 e. The number of pyridine rings is 1. The van der Waals surface area contributed by atoms with Gasteiger partial charge in [0.1, 0.15) is 0 Å². The maximum Gasteiger partial charge on any atom is 0.226 e. The van der Waals surface area contributed by atoms with E-state index in [1.807, 2.05) is 52.7 Å². The summed E-state index contributed by atoms with van der Waals surface area (Å²) >= 11 is 1.52. The second kappa shape index (κ2) is 6.32. The van der Waals surface area contributed by atoms with Crippen molar-refractivity contribution in [1.29, 1.82) is 0 Å². The van der Waals surface area contributed by atoms with Crippen LogP contribution in [0, 0.1) is 0 Å². The quantitative estimate of drug-likeness (QED) is 0.785. The fourth-order valence-electron chi connectivity index (χ4n) is 1.88. The van der Waals surface area contributed by atoms with Crippen molar-refractivity contribution in [2.24, 2.45) is 0 Å². The van der Waals surface area contributed by atoms with E-state index in [1.54, 1.807) is 6.20 Å². The van der Waals surface area contributed by atoms with Crippen LogP contribution in [-0.4, -0.2) is 20.4 Å². The van der Waals surface area contributed by atoms with E-state index in [1.165, 1.54) is 11.3 Å². The van der Waals surface area contributed by atoms with Crippen molar-refractivity contribution in [3.05, 3.63) is 65.7 Å². The van der Waals surface area contributed by atoms with Gasteiger partial charge in [-0.3, -0.25) is 9.78 Å². The number of nitrogens with zero attached hydrogens (tertiary/aromatic N) is 3. The molecule has 3 heterocycles. The van der Waals surface area contributed by atoms with Gasteiger partial charge in [-0.25, -0.2) is 4.98 Å². The first kappa shape index (κ1) is 13.5. The summed E-state index contributed by atoms with van der Waals surface area (Å²) in [7, 11) is 0. The van der Waals surface area contributed by atoms with Gasteiger partial charge in [0, 0.05) is 24.0 Å². The summed E-state index contributed by atoms with van der Waals surface area (Å²) in [5.41, 5.74) is 1.62. The summed E-state index contributed by atoms with van der Waals surface area (Å²) in [4.78, 5) is 20.5. The predicted octanol–water partition coefficient (Wildman–Crippen LogP) is 2.19. The molecule has 3 aromatic rings. The maximum absolute atomic E-state index is 11.9. The van der Waals surface area contributed by atoms with Crippen molar-refractivity contribution < 1.29 is 4.79 Å². The number of nitrogens with one attached hydrogen (secondary N) is 1. The number of amides is 1. The van der Waals surface area contributed by atoms with E-state index < -0.39 is 0 Å². The lowest BCUT2D eigenvalue weighted by Crippen LogP contribution is -2.25. The van der Waals surface area contributed by atoms with Gasteiger partial charge in [0.05, 0.1) is 24.4 Å². The zero-order chi connectivity index (χ0) is 14.5. The molecule has 1 amide bonds. The third-order valence-corrected chi connectivity index (χ3v) is 3.80. The molecule has 0 atom stereocenters. The van der Waals surface area contributed by atoms with Gasteiger partial charge in [0.2, 0.25) is 5.91 Å². The number of rotatable bonds is 5. The molecule has 0 aliphatic rings. The molecule has 0 radical (unpaired) electrons. The third kappa shape index (κ3) is 3.55. The summed E-state index contributed by atoms with van der Waals surface area (Å²) < 4.78 is 1.93. The van der Waals surface area contributed by atoms with Crippen LogP contribution in [0.5, 0.6) is 0 Å². The summed E-state index contributed by atoms with van der Waals surface area (Å²) in [5.74, 6) is -0.0509. The van der Waals surface area contributed by atoms with Crippen molar-refractivity contribution in [1.82, 2.24) is 19.9 Å². The van der Waals surface area contributed by atoms with Gasteiger partial charge in [-0.2, -0.15) is 0 Å². The van der Waals surface area contributed by atoms with E-state index in [0.29, 0.717) is 6.54 Å². The standard InChI is InChI=1S/C15H14N4OS/c20-14(17-10-12-5-1-2-6-16-12)9-13-11-21-15(18-13)19-7-3-4-8-19/h1-8,11H,9-10H2,(H,17,20). The lowest BCUT2D eigenvalue weighted by atomic mass is 10.3. The Balaban J connectivity index is 1.55. The van der Waals surface area contributed by atoms with E-state index in [-0.39, 0.29) is 12.3 Å². The maximum atomic E-state index is 11.9. The Hall–Kier alpha value is -2.47. The van der Waals surface area contributed by atoms with Crippen molar-refractivity contribution in [2.75, 3.05) is 0 Å². The number of carbonyl (C=O) groups is 1. The number of hydrogen-bond donors (Lipinski definition) is 1. The second-order valence-electron chi connectivity index (χ2n) is 4.49. The minimum Gasteiger partial charge on any atom is -0.350 e. The van der Waals surface area contributed by atoms with Gasteiger partial charge in [0.25, 0.3) is 0 Å². The third-order valence-electron chi connectivity index (χ3n) is 2.90. The molecule has 21 heavy (non-hydrogen) atoms. The van der Waals surface area contributed by atoms with Gasteiger partial charge in [-0.05, 0) is 24.3 Å². The Labute approximate surface area is 126 Å². The van der Waals surface area contributed by atoms with Crippen molar-refractivity contribution in [2.45, 2.75) is 13.0 Å². The molecule has 0 aromatic carbocycles. The molecule has 0 spiro atoms. The molecule has 3 aromatic heterocycles. The first-order valence-electron chi connectivity index (χ1n) is 6.55. The van der Waals surface area contributed by atoms with Gasteiger partial charge in [-0.1, -0.05) is 6.07 Å². The molecule has 5 nitrogen and oxygen atoms in total. The number of carbonyl (C=O) groups excluding carboxylic acids is 1. The minimum atomic E-state index is -0.0509. The summed E-state index contributed by atoms with van der Waals surface area (Å²) in [5, 5.41) is 5.63. The molecule has 1 N–H and O–H groups in total. The van der Waals surface area contributed by atoms with Crippen LogP contribution in [0.2, 0.25) is 0 Å². The molecular weight excluding hydrogens is 284 g/mol. The summed E-state index contributed by atoms with van der Waals surface area (Å²) in [6.45, 7) is 0.439. The normalized spacial score (nSPS) is 10.5. The van der Waals surface area contributed by atoms with Crippen LogP contribution in [0.1, 0.15) is 11.4 Å². The zero-order valence-corrected chi connectivity index (χ0v) is 12.1. The van der Waals surface area contributed by atoms with Crippen LogP contribution in [0.4, 0.5) is 0 Å². The predicted molar refractivity (Wildman–Crippen MR) is 81.2 cm³/mol. The molecule has 0 saturated carbocycles. The summed E-state index contributed by atoms with van der Waals surface area (Å²) in [6.07, 6.45) is 5.86. The van der Waals surface area contributed by atoms with E-state index >= 15 is 0 Å². The number of hydrogen-bond acceptors (Lipinski definition) is 4. The van der Waals surface area contributed by atoms with Crippen molar-refractivity contribution in [3.8, 4) is 5.13 Å². The number of aromatic nitrogens is 3. The Morgan fingerprint density at radius 1 is 1.19 bits per heavy atom. The molecule has 106 valence electrons. The average Bonchev–Trinajstić information content (AvgIpc) is 3.17. The van der Waals surface area contributed by atoms with E-state index in [2.05, 4.69) is 15.3 Å². The molecular formula is C15H14N4OS. The fourth-order valence-corrected chi connectivity index (χ4v) is 2.67. The molecule has 3 rings (SSSR count). The monoisotopic (exact) mass is 298 g/mol. The van der Waals surface area contributed by atoms with E-state index in [4.69, 9.17) is 0 Å². The molecule has 0 aliphatic heterocycles. The molecule has 0 saturated heterocycles. The first-order chi connectivity index (χ1) is 10.3. The second-order valence-corrected chi connectivity index (χ2v) is 5.32. The van der Waals surface area contributed by atoms with E-state index in [9.17, 15) is 4.79 Å². The van der Waals surface area contributed by atoms with Crippen LogP contribution in [0.3, 0.4) is 0 Å². The Morgan fingerprint density at radius 3 is 2.81 bits per heavy atom. The zero-order valence-electron chi connectivity index (χ0n) is 11.3. The number of thiazole rings is 1. The highest BCUT2D eigenvalue weighted by Gasteiger charge is 2.08. The Morgan fingerprint density at radius 2 is 2.05 bits per heavy atom. The van der Waals surface area contributed by atoms with Crippen LogP contribution in [0.25, 0.3) is 5.13 Å². The molecule has 6 heteroatoms. The Bertz CT molecular complexity index is 706. The Kier molecular flexibility index (Phi) is 4.07. The van der Waals surface area contributed by atoms with E-state index in [0.717, 1.165) is 16.5 Å². The molecule has 0 bridgehead atoms. The van der Waals surface area contributed by atoms with Crippen molar-refractivity contribution in [3.63, 3.8) is 0 Å². The SMILES string of the molecule is O=C(Cc1csc(-n2cccc2)n1)NCc1ccccn1. The molecule has 0 unspecified atom stereocenters. The van der Waals surface area contributed by atoms with Crippen molar-refractivity contribution >= 4 is 17.2 Å². The van der Waals surface area contributed by atoms with Gasteiger partial charge < -0.3 is 9.88 Å². The van der Waals surface area contributed by atoms with Crippen LogP contribution in [0.15, 0.2) is 54.3 Å². The highest BCUT2D eigenvalue weighted by molar-refractivity contribution is 7.12. The molecule has 0 aliphatic carbocycles. The summed E-state index contributed by atoms with van der Waals surface area (Å²) in [6, 6.07) is 9.52. The highest BCUT2D eigenvalue weighted by atomic mass is 32.1. The average molecular weight is 298 g/mol. The highest BCUT2D eigenvalue weighted by Crippen LogP contribution is 2.15. The van der Waals surface area contributed by atoms with Crippen LogP contribution in [-0.2, 0) is 17.8 Å². The molecule has 0 fully saturated rings. The largest absolute Gasteiger partial charge is 0.350 e. The first-order valence-corrected chi connectivity index (χ1v) is 7.43. The fraction of sp³-hybridized carbons (Fsp3) is 0.133.